The van der Waals surface area contributed by atoms with Crippen LogP contribution in [0, 0.1) is 0 Å². The molecule has 5 aromatic rings. The molecule has 178 valence electrons. The van der Waals surface area contributed by atoms with Gasteiger partial charge in [0.25, 0.3) is 0 Å². The summed E-state index contributed by atoms with van der Waals surface area (Å²) in [5.74, 6) is 1.72. The van der Waals surface area contributed by atoms with Gasteiger partial charge in [0, 0.05) is 16.7 Å². The summed E-state index contributed by atoms with van der Waals surface area (Å²) >= 11 is 0. The Kier molecular flexibility index (Phi) is 5.30. The van der Waals surface area contributed by atoms with Gasteiger partial charge in [0.1, 0.15) is 11.5 Å². The molecular weight excluding hydrogens is 464 g/mol. The largest absolute Gasteiger partial charge is 0.485 e. The molecule has 0 spiro atoms. The Morgan fingerprint density at radius 2 is 1.25 bits per heavy atom. The van der Waals surface area contributed by atoms with Crippen LogP contribution in [0.5, 0.6) is 11.5 Å². The molecule has 0 saturated heterocycles. The first-order valence-electron chi connectivity index (χ1n) is 11.0. The van der Waals surface area contributed by atoms with Crippen LogP contribution in [0.4, 0.5) is 0 Å². The zero-order chi connectivity index (χ0) is 24.4. The number of carbonyl (C=O) groups is 1. The first-order valence-corrected chi connectivity index (χ1v) is 11.0. The number of benzene rings is 3. The zero-order valence-corrected chi connectivity index (χ0v) is 18.7. The maximum atomic E-state index is 12.9. The quantitative estimate of drug-likeness (QED) is 0.315. The molecule has 1 aliphatic heterocycles. The highest BCUT2D eigenvalue weighted by molar-refractivity contribution is 5.96. The number of hydrogen-bond acceptors (Lipinski definition) is 10. The first-order chi connectivity index (χ1) is 17.7. The summed E-state index contributed by atoms with van der Waals surface area (Å²) in [5.41, 5.74) is 1.69. The van der Waals surface area contributed by atoms with Gasteiger partial charge >= 0.3 is 5.97 Å². The Balaban J connectivity index is 1.33. The molecule has 0 aliphatic carbocycles. The number of cyclic esters (lactones) is 1. The minimum atomic E-state index is -1.13. The fraction of sp³-hybridized carbons (Fsp3) is 0.125. The standard InChI is InChI=1S/C24H18N8O4/c33-23-19-3-1-2-4-20(19)24(36-23,15-5-9-17(10-6-15)34-13-21-25-29-30-26-21)16-7-11-18(12-8-16)35-14-22-27-31-32-28-22/h1-12H,13-14H2,(H,25,26,29,30)(H,27,28,31,32). The number of H-pyrrole nitrogens is 2. The van der Waals surface area contributed by atoms with Gasteiger partial charge in [-0.25, -0.2) is 4.79 Å². The highest BCUT2D eigenvalue weighted by Crippen LogP contribution is 2.47. The lowest BCUT2D eigenvalue weighted by Crippen LogP contribution is -2.29. The molecule has 3 heterocycles. The van der Waals surface area contributed by atoms with Gasteiger partial charge in [-0.3, -0.25) is 0 Å². The van der Waals surface area contributed by atoms with E-state index in [1.54, 1.807) is 6.07 Å². The smallest absolute Gasteiger partial charge is 0.340 e. The third-order valence-corrected chi connectivity index (χ3v) is 5.81. The van der Waals surface area contributed by atoms with Crippen LogP contribution in [0.2, 0.25) is 0 Å². The van der Waals surface area contributed by atoms with E-state index in [1.807, 2.05) is 66.7 Å². The molecule has 2 aromatic heterocycles. The third kappa shape index (κ3) is 3.79. The number of esters is 1. The van der Waals surface area contributed by atoms with Gasteiger partial charge in [0.05, 0.1) is 5.56 Å². The van der Waals surface area contributed by atoms with Gasteiger partial charge in [-0.1, -0.05) is 52.9 Å². The van der Waals surface area contributed by atoms with E-state index < -0.39 is 5.60 Å². The predicted octanol–water partition coefficient (Wildman–Crippen LogP) is 2.33. The topological polar surface area (TPSA) is 154 Å². The molecule has 0 saturated carbocycles. The zero-order valence-electron chi connectivity index (χ0n) is 18.7. The Morgan fingerprint density at radius 3 is 1.75 bits per heavy atom. The van der Waals surface area contributed by atoms with Crippen molar-refractivity contribution in [2.75, 3.05) is 0 Å². The number of nitrogens with zero attached hydrogens (tertiary/aromatic N) is 6. The van der Waals surface area contributed by atoms with Gasteiger partial charge in [-0.15, -0.1) is 20.4 Å². The number of ether oxygens (including phenoxy) is 3. The number of nitrogens with one attached hydrogen (secondary N) is 2. The lowest BCUT2D eigenvalue weighted by atomic mass is 9.80. The molecule has 0 unspecified atom stereocenters. The monoisotopic (exact) mass is 482 g/mol. The van der Waals surface area contributed by atoms with Gasteiger partial charge in [0.15, 0.2) is 18.8 Å². The van der Waals surface area contributed by atoms with E-state index in [-0.39, 0.29) is 19.2 Å². The lowest BCUT2D eigenvalue weighted by molar-refractivity contribution is 0.0251. The summed E-state index contributed by atoms with van der Waals surface area (Å²) in [6, 6.07) is 22.1. The average molecular weight is 482 g/mol. The minimum Gasteiger partial charge on any atom is -0.485 e. The van der Waals surface area contributed by atoms with Gasteiger partial charge in [-0.05, 0) is 30.3 Å². The van der Waals surface area contributed by atoms with Crippen molar-refractivity contribution in [3.8, 4) is 11.5 Å². The molecule has 0 fully saturated rings. The highest BCUT2D eigenvalue weighted by Gasteiger charge is 2.48. The Bertz CT molecular complexity index is 1390. The Morgan fingerprint density at radius 1 is 0.722 bits per heavy atom. The third-order valence-electron chi connectivity index (χ3n) is 5.81. The number of aromatic nitrogens is 8. The molecule has 6 rings (SSSR count). The normalized spacial score (nSPS) is 13.7. The van der Waals surface area contributed by atoms with Crippen LogP contribution in [-0.2, 0) is 23.6 Å². The second-order valence-corrected chi connectivity index (χ2v) is 7.90. The van der Waals surface area contributed by atoms with Gasteiger partial charge in [0.2, 0.25) is 11.6 Å². The van der Waals surface area contributed by atoms with Crippen molar-refractivity contribution in [1.29, 1.82) is 0 Å². The van der Waals surface area contributed by atoms with Crippen LogP contribution in [0.25, 0.3) is 0 Å². The first kappa shape index (κ1) is 21.4. The van der Waals surface area contributed by atoms with E-state index in [0.717, 1.165) is 16.7 Å². The van der Waals surface area contributed by atoms with E-state index >= 15 is 0 Å². The molecule has 12 nitrogen and oxygen atoms in total. The summed E-state index contributed by atoms with van der Waals surface area (Å²) < 4.78 is 17.6. The van der Waals surface area contributed by atoms with E-state index in [4.69, 9.17) is 14.2 Å². The molecule has 0 bridgehead atoms. The fourth-order valence-electron chi connectivity index (χ4n) is 4.17. The van der Waals surface area contributed by atoms with Crippen molar-refractivity contribution in [1.82, 2.24) is 41.2 Å². The number of aromatic amines is 2. The molecule has 12 heteroatoms. The molecule has 2 N–H and O–H groups in total. The maximum Gasteiger partial charge on any atom is 0.340 e. The molecule has 1 aliphatic rings. The minimum absolute atomic E-state index is 0.171. The summed E-state index contributed by atoms with van der Waals surface area (Å²) in [6.45, 7) is 0.342. The van der Waals surface area contributed by atoms with E-state index in [1.165, 1.54) is 0 Å². The van der Waals surface area contributed by atoms with Crippen LogP contribution in [0.3, 0.4) is 0 Å². The van der Waals surface area contributed by atoms with Crippen molar-refractivity contribution in [3.05, 3.63) is 107 Å². The fourth-order valence-corrected chi connectivity index (χ4v) is 4.17. The summed E-state index contributed by atoms with van der Waals surface area (Å²) in [7, 11) is 0. The Hall–Kier alpha value is -5.13. The number of rotatable bonds is 8. The number of carbonyl (C=O) groups excluding carboxylic acids is 1. The van der Waals surface area contributed by atoms with Crippen molar-refractivity contribution in [3.63, 3.8) is 0 Å². The van der Waals surface area contributed by atoms with E-state index in [9.17, 15) is 4.79 Å². The molecule has 0 radical (unpaired) electrons. The van der Waals surface area contributed by atoms with Crippen LogP contribution >= 0.6 is 0 Å². The summed E-state index contributed by atoms with van der Waals surface area (Å²) in [5, 5.41) is 27.3. The van der Waals surface area contributed by atoms with Crippen molar-refractivity contribution < 1.29 is 19.0 Å². The highest BCUT2D eigenvalue weighted by atomic mass is 16.6. The Labute approximate surface area is 203 Å². The summed E-state index contributed by atoms with van der Waals surface area (Å²) in [4.78, 5) is 12.9. The molecular formula is C24H18N8O4. The predicted molar refractivity (Wildman–Crippen MR) is 122 cm³/mol. The summed E-state index contributed by atoms with van der Waals surface area (Å²) in [6.07, 6.45) is 0. The van der Waals surface area contributed by atoms with Crippen LogP contribution in [-0.4, -0.2) is 47.2 Å². The molecule has 0 atom stereocenters. The van der Waals surface area contributed by atoms with Crippen molar-refractivity contribution >= 4 is 5.97 Å². The second-order valence-electron chi connectivity index (χ2n) is 7.90. The van der Waals surface area contributed by atoms with Crippen LogP contribution in [0.15, 0.2) is 72.8 Å². The number of hydrogen-bond donors (Lipinski definition) is 2. The molecule has 36 heavy (non-hydrogen) atoms. The number of fused-ring (bicyclic) bond motifs is 1. The lowest BCUT2D eigenvalue weighted by Gasteiger charge is -2.30. The second kappa shape index (κ2) is 8.91. The number of tetrazole rings is 2. The van der Waals surface area contributed by atoms with Crippen molar-refractivity contribution in [2.45, 2.75) is 18.8 Å². The molecule has 3 aromatic carbocycles. The van der Waals surface area contributed by atoms with Gasteiger partial charge < -0.3 is 14.2 Å². The molecule has 0 amide bonds. The van der Waals surface area contributed by atoms with E-state index in [2.05, 4.69) is 41.2 Å². The van der Waals surface area contributed by atoms with Gasteiger partial charge in [-0.2, -0.15) is 10.4 Å². The van der Waals surface area contributed by atoms with Crippen LogP contribution < -0.4 is 9.47 Å². The van der Waals surface area contributed by atoms with E-state index in [0.29, 0.717) is 28.7 Å². The SMILES string of the molecule is O=C1OC(c2ccc(OCc3nn[nH]n3)cc2)(c2ccc(OCc3nn[nH]n3)cc2)c2ccccc21. The average Bonchev–Trinajstić information content (AvgIpc) is 3.69. The van der Waals surface area contributed by atoms with Crippen LogP contribution in [0.1, 0.15) is 38.7 Å². The maximum absolute atomic E-state index is 12.9. The van der Waals surface area contributed by atoms with Crippen molar-refractivity contribution in [2.24, 2.45) is 0 Å².